The summed E-state index contributed by atoms with van der Waals surface area (Å²) in [5.41, 5.74) is 19.1. The number of aromatic nitrogens is 1. The lowest BCUT2D eigenvalue weighted by Crippen LogP contribution is -2.14. The van der Waals surface area contributed by atoms with Gasteiger partial charge < -0.3 is 16.4 Å². The second kappa shape index (κ2) is 22.0. The summed E-state index contributed by atoms with van der Waals surface area (Å²) in [5, 5.41) is 11.8. The number of nitrogens with two attached hydrogens (primary N) is 1. The minimum Gasteiger partial charge on any atom is -0.385 e. The Morgan fingerprint density at radius 1 is 0.776 bits per heavy atom. The fourth-order valence-corrected chi connectivity index (χ4v) is 7.51. The van der Waals surface area contributed by atoms with Crippen LogP contribution in [-0.4, -0.2) is 36.0 Å². The van der Waals surface area contributed by atoms with Gasteiger partial charge in [0.2, 0.25) is 5.13 Å². The smallest absolute Gasteiger partial charge is 0.255 e. The lowest BCUT2D eigenvalue weighted by atomic mass is 9.98. The van der Waals surface area contributed by atoms with E-state index in [1.54, 1.807) is 23.6 Å². The topological polar surface area (TPSA) is 117 Å². The van der Waals surface area contributed by atoms with Gasteiger partial charge in [0.15, 0.2) is 0 Å². The number of hydrazone groups is 1. The average molecular weight is 790 g/mol. The van der Waals surface area contributed by atoms with E-state index in [-0.39, 0.29) is 5.91 Å². The van der Waals surface area contributed by atoms with Gasteiger partial charge in [-0.25, -0.2) is 4.98 Å². The number of hydrogen-bond donors (Lipinski definition) is 4. The Kier molecular flexibility index (Phi) is 15.8. The lowest BCUT2D eigenvalue weighted by molar-refractivity contribution is 0.102. The third-order valence-corrected chi connectivity index (χ3v) is 11.0. The molecule has 0 saturated heterocycles. The number of carbonyl (C=O) groups is 1. The number of aryl methyl sites for hydroxylation is 3. The number of hydrogen-bond acceptors (Lipinski definition) is 7. The van der Waals surface area contributed by atoms with Crippen LogP contribution in [0.2, 0.25) is 0 Å². The number of aliphatic imine (C=N–C) groups is 1. The molecular formula is C49H55N7OS. The Labute approximate surface area is 347 Å². The highest BCUT2D eigenvalue weighted by molar-refractivity contribution is 7.22. The predicted molar refractivity (Wildman–Crippen MR) is 248 cm³/mol. The van der Waals surface area contributed by atoms with Crippen LogP contribution in [0, 0.1) is 0 Å². The highest BCUT2D eigenvalue weighted by Gasteiger charge is 2.11. The number of unbranched alkanes of at least 4 members (excludes halogenated alkanes) is 5. The summed E-state index contributed by atoms with van der Waals surface area (Å²) < 4.78 is 1.09. The van der Waals surface area contributed by atoms with E-state index in [0.29, 0.717) is 22.2 Å². The first kappa shape index (κ1) is 41.6. The first-order valence-corrected chi connectivity index (χ1v) is 21.3. The van der Waals surface area contributed by atoms with Gasteiger partial charge in [-0.1, -0.05) is 117 Å². The van der Waals surface area contributed by atoms with Crippen molar-refractivity contribution in [1.82, 2.24) is 4.98 Å². The van der Waals surface area contributed by atoms with Crippen molar-refractivity contribution in [3.8, 4) is 11.1 Å². The minimum atomic E-state index is -0.181. The highest BCUT2D eigenvalue weighted by Crippen LogP contribution is 2.26. The molecular weight excluding hydrogens is 735 g/mol. The SMILES string of the molecule is C=CC(N)=NCCCCCCNc1ccc(C(=O)Nc2ccc(CCc3ccc(-c4ccc(CCCCC)cc4)cc3)cc2/C=N/Nc2nc3ccccc3s2)cc1. The van der Waals surface area contributed by atoms with Crippen LogP contribution in [0.15, 0.2) is 138 Å². The molecule has 8 nitrogen and oxygen atoms in total. The summed E-state index contributed by atoms with van der Waals surface area (Å²) >= 11 is 1.55. The zero-order valence-corrected chi connectivity index (χ0v) is 34.4. The van der Waals surface area contributed by atoms with Gasteiger partial charge in [-0.3, -0.25) is 15.2 Å². The van der Waals surface area contributed by atoms with Gasteiger partial charge in [-0.2, -0.15) is 5.10 Å². The van der Waals surface area contributed by atoms with E-state index in [1.165, 1.54) is 41.5 Å². The summed E-state index contributed by atoms with van der Waals surface area (Å²) in [6, 6.07) is 39.7. The Morgan fingerprint density at radius 3 is 2.19 bits per heavy atom. The molecule has 58 heavy (non-hydrogen) atoms. The molecule has 298 valence electrons. The summed E-state index contributed by atoms with van der Waals surface area (Å²) in [6.45, 7) is 7.47. The summed E-state index contributed by atoms with van der Waals surface area (Å²) in [7, 11) is 0. The number of rotatable bonds is 22. The van der Waals surface area contributed by atoms with E-state index in [2.05, 4.69) is 105 Å². The molecule has 6 rings (SSSR count). The molecule has 0 spiro atoms. The van der Waals surface area contributed by atoms with Gasteiger partial charge >= 0.3 is 0 Å². The molecule has 5 aromatic carbocycles. The van der Waals surface area contributed by atoms with Crippen LogP contribution in [0.5, 0.6) is 0 Å². The fourth-order valence-electron chi connectivity index (χ4n) is 6.69. The van der Waals surface area contributed by atoms with Crippen LogP contribution in [-0.2, 0) is 19.3 Å². The molecule has 0 saturated carbocycles. The Morgan fingerprint density at radius 2 is 1.47 bits per heavy atom. The summed E-state index contributed by atoms with van der Waals surface area (Å²) in [4.78, 5) is 22.4. The molecule has 0 fully saturated rings. The summed E-state index contributed by atoms with van der Waals surface area (Å²) in [6.07, 6.45) is 14.3. The molecule has 0 aliphatic rings. The number of thiazole rings is 1. The van der Waals surface area contributed by atoms with E-state index in [1.807, 2.05) is 54.6 Å². The number of amidine groups is 1. The maximum atomic E-state index is 13.5. The van der Waals surface area contributed by atoms with Gasteiger partial charge in [0, 0.05) is 35.6 Å². The maximum Gasteiger partial charge on any atom is 0.255 e. The number of anilines is 3. The van der Waals surface area contributed by atoms with Crippen molar-refractivity contribution in [3.05, 3.63) is 156 Å². The van der Waals surface area contributed by atoms with Gasteiger partial charge in [0.05, 0.1) is 16.4 Å². The van der Waals surface area contributed by atoms with Crippen LogP contribution in [0.3, 0.4) is 0 Å². The van der Waals surface area contributed by atoms with Crippen molar-refractivity contribution < 1.29 is 4.79 Å². The van der Waals surface area contributed by atoms with Crippen molar-refractivity contribution in [2.24, 2.45) is 15.8 Å². The number of nitrogens with zero attached hydrogens (tertiary/aromatic N) is 3. The van der Waals surface area contributed by atoms with E-state index in [9.17, 15) is 4.79 Å². The molecule has 0 bridgehead atoms. The van der Waals surface area contributed by atoms with Crippen molar-refractivity contribution in [1.29, 1.82) is 0 Å². The van der Waals surface area contributed by atoms with E-state index in [4.69, 9.17) is 5.73 Å². The number of carbonyl (C=O) groups excluding carboxylic acids is 1. The van der Waals surface area contributed by atoms with Gasteiger partial charge in [0.25, 0.3) is 5.91 Å². The predicted octanol–water partition coefficient (Wildman–Crippen LogP) is 11.7. The first-order valence-electron chi connectivity index (χ1n) is 20.5. The van der Waals surface area contributed by atoms with E-state index < -0.39 is 0 Å². The normalized spacial score (nSPS) is 11.6. The van der Waals surface area contributed by atoms with Crippen LogP contribution in [0.1, 0.15) is 84.5 Å². The molecule has 6 aromatic rings. The molecule has 0 unspecified atom stereocenters. The maximum absolute atomic E-state index is 13.5. The second-order valence-electron chi connectivity index (χ2n) is 14.5. The minimum absolute atomic E-state index is 0.181. The van der Waals surface area contributed by atoms with Crippen LogP contribution in [0.4, 0.5) is 16.5 Å². The van der Waals surface area contributed by atoms with Gasteiger partial charge in [-0.15, -0.1) is 0 Å². The number of para-hydroxylation sites is 1. The van der Waals surface area contributed by atoms with E-state index >= 15 is 0 Å². The largest absolute Gasteiger partial charge is 0.385 e. The van der Waals surface area contributed by atoms with Crippen LogP contribution >= 0.6 is 11.3 Å². The van der Waals surface area contributed by atoms with E-state index in [0.717, 1.165) is 85.1 Å². The van der Waals surface area contributed by atoms with Crippen molar-refractivity contribution in [2.75, 3.05) is 29.1 Å². The molecule has 0 aliphatic carbocycles. The first-order chi connectivity index (χ1) is 28.5. The van der Waals surface area contributed by atoms with Crippen LogP contribution < -0.4 is 21.8 Å². The Balaban J connectivity index is 1.06. The lowest BCUT2D eigenvalue weighted by Gasteiger charge is -2.12. The average Bonchev–Trinajstić information content (AvgIpc) is 3.68. The molecule has 1 amide bonds. The molecule has 1 aromatic heterocycles. The molecule has 0 aliphatic heterocycles. The monoisotopic (exact) mass is 789 g/mol. The third kappa shape index (κ3) is 12.7. The van der Waals surface area contributed by atoms with Crippen molar-refractivity contribution in [3.63, 3.8) is 0 Å². The van der Waals surface area contributed by atoms with Gasteiger partial charge in [0.1, 0.15) is 5.84 Å². The molecule has 0 atom stereocenters. The molecule has 5 N–H and O–H groups in total. The second-order valence-corrected chi connectivity index (χ2v) is 15.5. The number of fused-ring (bicyclic) bond motifs is 1. The number of benzene rings is 5. The van der Waals surface area contributed by atoms with Crippen molar-refractivity contribution >= 4 is 56.0 Å². The standard InChI is InChI=1S/C49H55N7OS/c1-3-5-8-13-36-18-23-39(24-19-36)40-25-20-37(21-26-40)16-17-38-22-31-44(42(34-38)35-53-56-49-55-45-14-9-10-15-46(45)58-49)54-48(57)41-27-29-43(30-28-41)51-32-11-6-7-12-33-52-47(50)4-2/h4,9-10,14-15,18-31,34-35,51H,2-3,5-8,11-13,16-17,32-33H2,1H3,(H2,50,52)(H,54,57)(H,55,56)/b53-35+. The molecule has 1 heterocycles. The Hall–Kier alpha value is -6.06. The molecule has 9 heteroatoms. The third-order valence-electron chi connectivity index (χ3n) is 10.1. The highest BCUT2D eigenvalue weighted by atomic mass is 32.1. The summed E-state index contributed by atoms with van der Waals surface area (Å²) in [5.74, 6) is 0.317. The van der Waals surface area contributed by atoms with Crippen LogP contribution in [0.25, 0.3) is 21.3 Å². The van der Waals surface area contributed by atoms with Gasteiger partial charge in [-0.05, 0) is 121 Å². The number of nitrogens with one attached hydrogen (secondary N) is 3. The zero-order chi connectivity index (χ0) is 40.4. The number of amides is 1. The Bertz CT molecular complexity index is 2240. The molecule has 0 radical (unpaired) electrons. The zero-order valence-electron chi connectivity index (χ0n) is 33.6. The fraction of sp³-hybridized carbons (Fsp3) is 0.265. The van der Waals surface area contributed by atoms with Crippen molar-refractivity contribution in [2.45, 2.75) is 71.1 Å². The quantitative estimate of drug-likeness (QED) is 0.0236.